The molecule has 1 saturated heterocycles. The Balaban J connectivity index is 1.52. The van der Waals surface area contributed by atoms with Crippen LogP contribution in [0.2, 0.25) is 0 Å². The average molecular weight is 517 g/mol. The van der Waals surface area contributed by atoms with Crippen molar-refractivity contribution in [2.45, 2.75) is 17.2 Å². The second-order valence-electron chi connectivity index (χ2n) is 7.62. The monoisotopic (exact) mass is 517 g/mol. The number of alkyl halides is 6. The van der Waals surface area contributed by atoms with Crippen LogP contribution in [0.1, 0.15) is 11.1 Å². The summed E-state index contributed by atoms with van der Waals surface area (Å²) in [4.78, 5) is 4.82. The third-order valence-corrected chi connectivity index (χ3v) is 7.22. The Morgan fingerprint density at radius 3 is 1.86 bits per heavy atom. The zero-order valence-corrected chi connectivity index (χ0v) is 18.6. The molecule has 35 heavy (non-hydrogen) atoms. The fourth-order valence-electron chi connectivity index (χ4n) is 3.53. The Kier molecular flexibility index (Phi) is 6.44. The van der Waals surface area contributed by atoms with Crippen molar-refractivity contribution >= 4 is 15.8 Å². The zero-order valence-electron chi connectivity index (χ0n) is 17.8. The van der Waals surface area contributed by atoms with Crippen molar-refractivity contribution in [2.75, 3.05) is 31.1 Å². The van der Waals surface area contributed by atoms with Crippen LogP contribution >= 0.6 is 0 Å². The summed E-state index contributed by atoms with van der Waals surface area (Å²) < 4.78 is 106. The predicted molar refractivity (Wildman–Crippen MR) is 113 cm³/mol. The number of nitrogens with zero attached hydrogens (tertiary/aromatic N) is 5. The van der Waals surface area contributed by atoms with Gasteiger partial charge in [0.2, 0.25) is 10.0 Å². The van der Waals surface area contributed by atoms with E-state index in [2.05, 4.69) is 15.2 Å². The SMILES string of the molecule is O=S(=O)(c1cc(C(F)(F)F)cc(C(F)(F)F)c1)N1CCN(c2ccc(-c3ccccn3)nn2)CC1. The van der Waals surface area contributed by atoms with Gasteiger partial charge in [-0.15, -0.1) is 10.2 Å². The molecule has 0 N–H and O–H groups in total. The molecule has 3 heterocycles. The van der Waals surface area contributed by atoms with Gasteiger partial charge < -0.3 is 4.90 Å². The highest BCUT2D eigenvalue weighted by atomic mass is 32.2. The third kappa shape index (κ3) is 5.37. The van der Waals surface area contributed by atoms with E-state index in [9.17, 15) is 34.8 Å². The predicted octanol–water partition coefficient (Wildman–Crippen LogP) is 4.09. The van der Waals surface area contributed by atoms with E-state index < -0.39 is 38.4 Å². The summed E-state index contributed by atoms with van der Waals surface area (Å²) >= 11 is 0. The largest absolute Gasteiger partial charge is 0.416 e. The molecule has 0 saturated carbocycles. The Labute approximate surface area is 196 Å². The summed E-state index contributed by atoms with van der Waals surface area (Å²) in [6.45, 7) is -0.100. The summed E-state index contributed by atoms with van der Waals surface area (Å²) in [7, 11) is -4.61. The van der Waals surface area contributed by atoms with Crippen LogP contribution in [-0.4, -0.2) is 54.1 Å². The van der Waals surface area contributed by atoms with Gasteiger partial charge in [-0.1, -0.05) is 6.07 Å². The van der Waals surface area contributed by atoms with E-state index >= 15 is 0 Å². The molecule has 14 heteroatoms. The van der Waals surface area contributed by atoms with Crippen LogP contribution in [0.15, 0.2) is 59.6 Å². The first-order valence-corrected chi connectivity index (χ1v) is 11.6. The molecule has 1 aliphatic rings. The number of hydrogen-bond donors (Lipinski definition) is 0. The van der Waals surface area contributed by atoms with Gasteiger partial charge in [0.25, 0.3) is 0 Å². The molecule has 0 radical (unpaired) electrons. The number of pyridine rings is 1. The molecule has 1 aromatic carbocycles. The molecule has 0 atom stereocenters. The van der Waals surface area contributed by atoms with Crippen LogP contribution in [0.3, 0.4) is 0 Å². The summed E-state index contributed by atoms with van der Waals surface area (Å²) in [6.07, 6.45) is -8.69. The minimum atomic E-state index is -5.15. The van der Waals surface area contributed by atoms with Gasteiger partial charge in [0, 0.05) is 32.4 Å². The van der Waals surface area contributed by atoms with Gasteiger partial charge in [-0.05, 0) is 42.5 Å². The van der Waals surface area contributed by atoms with Gasteiger partial charge in [0.15, 0.2) is 5.82 Å². The molecule has 2 aromatic heterocycles. The van der Waals surface area contributed by atoms with Crippen molar-refractivity contribution in [2.24, 2.45) is 0 Å². The van der Waals surface area contributed by atoms with Crippen LogP contribution in [0, 0.1) is 0 Å². The lowest BCUT2D eigenvalue weighted by molar-refractivity contribution is -0.143. The highest BCUT2D eigenvalue weighted by Gasteiger charge is 2.39. The molecule has 3 aromatic rings. The van der Waals surface area contributed by atoms with Crippen LogP contribution < -0.4 is 4.90 Å². The second-order valence-corrected chi connectivity index (χ2v) is 9.56. The van der Waals surface area contributed by atoms with Crippen LogP contribution in [-0.2, 0) is 22.4 Å². The summed E-state index contributed by atoms with van der Waals surface area (Å²) in [6, 6.07) is 8.99. The van der Waals surface area contributed by atoms with Crippen molar-refractivity contribution in [3.63, 3.8) is 0 Å². The topological polar surface area (TPSA) is 79.3 Å². The van der Waals surface area contributed by atoms with Crippen molar-refractivity contribution in [1.82, 2.24) is 19.5 Å². The lowest BCUT2D eigenvalue weighted by atomic mass is 10.1. The second kappa shape index (κ2) is 9.07. The number of rotatable bonds is 4. The van der Waals surface area contributed by atoms with E-state index in [1.165, 1.54) is 0 Å². The maximum Gasteiger partial charge on any atom is 0.416 e. The third-order valence-electron chi connectivity index (χ3n) is 5.34. The van der Waals surface area contributed by atoms with Gasteiger partial charge in [0.05, 0.1) is 21.7 Å². The fourth-order valence-corrected chi connectivity index (χ4v) is 5.02. The number of aromatic nitrogens is 3. The Morgan fingerprint density at radius 2 is 1.37 bits per heavy atom. The first-order valence-electron chi connectivity index (χ1n) is 10.2. The normalized spacial score (nSPS) is 15.9. The van der Waals surface area contributed by atoms with Crippen molar-refractivity contribution in [1.29, 1.82) is 0 Å². The number of hydrogen-bond acceptors (Lipinski definition) is 6. The van der Waals surface area contributed by atoms with Crippen molar-refractivity contribution in [3.05, 3.63) is 65.9 Å². The number of piperazine rings is 1. The zero-order chi connectivity index (χ0) is 25.4. The molecule has 0 spiro atoms. The van der Waals surface area contributed by atoms with Gasteiger partial charge in [-0.25, -0.2) is 8.42 Å². The Morgan fingerprint density at radius 1 is 0.743 bits per heavy atom. The van der Waals surface area contributed by atoms with Crippen molar-refractivity contribution in [3.8, 4) is 11.4 Å². The van der Waals surface area contributed by atoms with E-state index in [4.69, 9.17) is 0 Å². The quantitative estimate of drug-likeness (QED) is 0.486. The smallest absolute Gasteiger partial charge is 0.352 e. The average Bonchev–Trinajstić information content (AvgIpc) is 2.83. The first kappa shape index (κ1) is 24.9. The van der Waals surface area contributed by atoms with E-state index in [0.717, 1.165) is 4.31 Å². The van der Waals surface area contributed by atoms with Gasteiger partial charge in [-0.3, -0.25) is 4.98 Å². The molecule has 0 bridgehead atoms. The highest BCUT2D eigenvalue weighted by Crippen LogP contribution is 2.38. The van der Waals surface area contributed by atoms with Gasteiger partial charge >= 0.3 is 12.4 Å². The molecule has 1 aliphatic heterocycles. The first-order chi connectivity index (χ1) is 16.4. The van der Waals surface area contributed by atoms with Gasteiger partial charge in [0.1, 0.15) is 5.69 Å². The maximum atomic E-state index is 13.1. The minimum absolute atomic E-state index is 0.107. The molecule has 186 valence electrons. The lowest BCUT2D eigenvalue weighted by Crippen LogP contribution is -2.49. The molecular formula is C21H17F6N5O2S. The van der Waals surface area contributed by atoms with E-state index in [-0.39, 0.29) is 44.4 Å². The molecule has 0 aliphatic carbocycles. The summed E-state index contributed by atoms with van der Waals surface area (Å²) in [5.41, 5.74) is -2.23. The molecular weight excluding hydrogens is 500 g/mol. The maximum absolute atomic E-state index is 13.1. The summed E-state index contributed by atoms with van der Waals surface area (Å²) in [5, 5.41) is 8.23. The van der Waals surface area contributed by atoms with Crippen LogP contribution in [0.4, 0.5) is 32.2 Å². The van der Waals surface area contributed by atoms with Crippen molar-refractivity contribution < 1.29 is 34.8 Å². The van der Waals surface area contributed by atoms with E-state index in [1.807, 2.05) is 0 Å². The molecule has 1 fully saturated rings. The lowest BCUT2D eigenvalue weighted by Gasteiger charge is -2.34. The Hall–Kier alpha value is -3.26. The number of halogens is 6. The minimum Gasteiger partial charge on any atom is -0.352 e. The number of benzene rings is 1. The van der Waals surface area contributed by atoms with Gasteiger partial charge in [-0.2, -0.15) is 30.6 Å². The Bertz CT molecular complexity index is 1260. The molecule has 0 unspecified atom stereocenters. The van der Waals surface area contributed by atoms with E-state index in [1.54, 1.807) is 41.4 Å². The van der Waals surface area contributed by atoms with Crippen LogP contribution in [0.25, 0.3) is 11.4 Å². The highest BCUT2D eigenvalue weighted by molar-refractivity contribution is 7.89. The molecule has 4 rings (SSSR count). The fraction of sp³-hybridized carbons (Fsp3) is 0.286. The molecule has 0 amide bonds. The summed E-state index contributed by atoms with van der Waals surface area (Å²) in [5.74, 6) is 0.445. The number of sulfonamides is 1. The standard InChI is InChI=1S/C21H17F6N5O2S/c22-20(23,24)14-11-15(21(25,26)27)13-16(12-14)35(33,34)32-9-7-31(8-10-32)19-5-4-18(29-30-19)17-3-1-2-6-28-17/h1-6,11-13H,7-10H2. The number of anilines is 1. The molecule has 7 nitrogen and oxygen atoms in total. The van der Waals surface area contributed by atoms with Crippen LogP contribution in [0.5, 0.6) is 0 Å². The van der Waals surface area contributed by atoms with E-state index in [0.29, 0.717) is 17.2 Å².